The van der Waals surface area contributed by atoms with Crippen molar-refractivity contribution in [2.45, 2.75) is 33.7 Å². The molecule has 0 saturated heterocycles. The molecule has 27 heavy (non-hydrogen) atoms. The number of rotatable bonds is 5. The highest BCUT2D eigenvalue weighted by atomic mass is 16.2. The second-order valence-electron chi connectivity index (χ2n) is 6.82. The van der Waals surface area contributed by atoms with Crippen LogP contribution in [0, 0.1) is 20.8 Å². The summed E-state index contributed by atoms with van der Waals surface area (Å²) in [5.74, 6) is -0.366. The number of carbonyl (C=O) groups excluding carboxylic acids is 1. The maximum absolute atomic E-state index is 12.8. The zero-order valence-electron chi connectivity index (χ0n) is 16.0. The molecule has 0 bridgehead atoms. The minimum Gasteiger partial charge on any atom is -0.348 e. The van der Waals surface area contributed by atoms with Gasteiger partial charge in [-0.15, -0.1) is 0 Å². The highest BCUT2D eigenvalue weighted by Gasteiger charge is 2.17. The van der Waals surface area contributed by atoms with Gasteiger partial charge in [-0.1, -0.05) is 48.0 Å². The van der Waals surface area contributed by atoms with Crippen LogP contribution in [0.2, 0.25) is 0 Å². The minimum atomic E-state index is -0.366. The molecular formula is C23H24N2O2. The molecule has 0 saturated carbocycles. The van der Waals surface area contributed by atoms with Crippen LogP contribution in [0.4, 0.5) is 5.69 Å². The molecule has 1 N–H and O–H groups in total. The molecule has 0 aliphatic heterocycles. The molecule has 0 aliphatic carbocycles. The van der Waals surface area contributed by atoms with E-state index in [1.54, 1.807) is 6.07 Å². The number of pyridine rings is 1. The Hall–Kier alpha value is -3.14. The van der Waals surface area contributed by atoms with Gasteiger partial charge in [-0.25, -0.2) is 0 Å². The average molecular weight is 360 g/mol. The Kier molecular flexibility index (Phi) is 5.55. The monoisotopic (exact) mass is 360 g/mol. The number of amides is 1. The minimum absolute atomic E-state index is 0.203. The molecule has 4 heteroatoms. The Bertz CT molecular complexity index is 1000. The first-order valence-electron chi connectivity index (χ1n) is 9.08. The predicted octanol–water partition coefficient (Wildman–Crippen LogP) is 4.27. The van der Waals surface area contributed by atoms with Crippen molar-refractivity contribution in [3.05, 3.63) is 99.0 Å². The molecule has 0 atom stereocenters. The summed E-state index contributed by atoms with van der Waals surface area (Å²) in [5.41, 5.74) is 4.53. The third-order valence-corrected chi connectivity index (χ3v) is 4.78. The van der Waals surface area contributed by atoms with Crippen LogP contribution in [-0.2, 0) is 13.0 Å². The number of hydrogen-bond donors (Lipinski definition) is 1. The number of hydrogen-bond acceptors (Lipinski definition) is 2. The maximum Gasteiger partial charge on any atom is 0.261 e. The first-order valence-corrected chi connectivity index (χ1v) is 9.08. The van der Waals surface area contributed by atoms with Gasteiger partial charge in [0.05, 0.1) is 0 Å². The van der Waals surface area contributed by atoms with Crippen LogP contribution in [0.1, 0.15) is 32.9 Å². The van der Waals surface area contributed by atoms with Gasteiger partial charge in [-0.2, -0.15) is 0 Å². The first kappa shape index (κ1) is 18.6. The smallest absolute Gasteiger partial charge is 0.261 e. The van der Waals surface area contributed by atoms with Gasteiger partial charge in [0, 0.05) is 29.7 Å². The highest BCUT2D eigenvalue weighted by Crippen LogP contribution is 2.14. The van der Waals surface area contributed by atoms with Crippen LogP contribution >= 0.6 is 0 Å². The molecule has 0 radical (unpaired) electrons. The topological polar surface area (TPSA) is 51.1 Å². The Morgan fingerprint density at radius 1 is 0.963 bits per heavy atom. The summed E-state index contributed by atoms with van der Waals surface area (Å²) in [7, 11) is 0. The molecule has 1 heterocycles. The van der Waals surface area contributed by atoms with E-state index in [1.807, 2.05) is 67.8 Å². The lowest BCUT2D eigenvalue weighted by Crippen LogP contribution is -2.27. The Morgan fingerprint density at radius 2 is 1.63 bits per heavy atom. The molecule has 2 aromatic carbocycles. The van der Waals surface area contributed by atoms with E-state index in [1.165, 1.54) is 5.56 Å². The Balaban J connectivity index is 1.87. The van der Waals surface area contributed by atoms with Crippen molar-refractivity contribution in [3.63, 3.8) is 0 Å². The molecule has 0 aliphatic rings. The van der Waals surface area contributed by atoms with Gasteiger partial charge in [0.1, 0.15) is 5.56 Å². The number of aryl methyl sites for hydroxylation is 3. The van der Waals surface area contributed by atoms with Crippen LogP contribution in [0.25, 0.3) is 0 Å². The molecule has 1 aromatic heterocycles. The lowest BCUT2D eigenvalue weighted by atomic mass is 10.1. The highest BCUT2D eigenvalue weighted by molar-refractivity contribution is 6.04. The molecule has 4 nitrogen and oxygen atoms in total. The molecule has 1 amide bonds. The maximum atomic E-state index is 12.8. The van der Waals surface area contributed by atoms with Crippen LogP contribution in [0.15, 0.2) is 65.5 Å². The summed E-state index contributed by atoms with van der Waals surface area (Å²) in [4.78, 5) is 25.3. The summed E-state index contributed by atoms with van der Waals surface area (Å²) in [5, 5.41) is 2.84. The lowest BCUT2D eigenvalue weighted by molar-refractivity contribution is 0.102. The van der Waals surface area contributed by atoms with E-state index in [-0.39, 0.29) is 16.9 Å². The second-order valence-corrected chi connectivity index (χ2v) is 6.82. The van der Waals surface area contributed by atoms with Gasteiger partial charge in [0.15, 0.2) is 5.43 Å². The quantitative estimate of drug-likeness (QED) is 0.739. The molecule has 3 rings (SSSR count). The molecule has 0 unspecified atom stereocenters. The standard InChI is InChI=1S/C23H24N2O2/c1-16-9-11-20(12-10-16)24-23(27)22-18(3)25(17(2)15-21(22)26)14-13-19-7-5-4-6-8-19/h4-12,15H,13-14H2,1-3H3,(H,24,27). The number of benzene rings is 2. The van der Waals surface area contributed by atoms with Crippen LogP contribution in [0.5, 0.6) is 0 Å². The normalized spacial score (nSPS) is 10.6. The van der Waals surface area contributed by atoms with Gasteiger partial charge >= 0.3 is 0 Å². The Morgan fingerprint density at radius 3 is 2.30 bits per heavy atom. The van der Waals surface area contributed by atoms with E-state index in [9.17, 15) is 9.59 Å². The van der Waals surface area contributed by atoms with Gasteiger partial charge in [0.25, 0.3) is 5.91 Å². The largest absolute Gasteiger partial charge is 0.348 e. The van der Waals surface area contributed by atoms with Crippen molar-refractivity contribution in [2.75, 3.05) is 5.32 Å². The van der Waals surface area contributed by atoms with Crippen LogP contribution in [-0.4, -0.2) is 10.5 Å². The van der Waals surface area contributed by atoms with E-state index < -0.39 is 0 Å². The van der Waals surface area contributed by atoms with E-state index >= 15 is 0 Å². The second kappa shape index (κ2) is 8.04. The molecular weight excluding hydrogens is 336 g/mol. The zero-order chi connectivity index (χ0) is 19.4. The fourth-order valence-corrected chi connectivity index (χ4v) is 3.25. The molecule has 0 spiro atoms. The predicted molar refractivity (Wildman–Crippen MR) is 109 cm³/mol. The third kappa shape index (κ3) is 4.34. The van der Waals surface area contributed by atoms with E-state index in [4.69, 9.17) is 0 Å². The number of nitrogens with one attached hydrogen (secondary N) is 1. The molecule has 0 fully saturated rings. The van der Waals surface area contributed by atoms with Crippen LogP contribution < -0.4 is 10.7 Å². The molecule has 3 aromatic rings. The van der Waals surface area contributed by atoms with Gasteiger partial charge in [0.2, 0.25) is 0 Å². The Labute approximate surface area is 159 Å². The average Bonchev–Trinajstić information content (AvgIpc) is 2.64. The van der Waals surface area contributed by atoms with Gasteiger partial charge in [-0.05, 0) is 44.9 Å². The van der Waals surface area contributed by atoms with Gasteiger partial charge in [-0.3, -0.25) is 9.59 Å². The van der Waals surface area contributed by atoms with Crippen molar-refractivity contribution in [1.82, 2.24) is 4.57 Å². The fourth-order valence-electron chi connectivity index (χ4n) is 3.25. The zero-order valence-corrected chi connectivity index (χ0v) is 16.0. The van der Waals surface area contributed by atoms with Gasteiger partial charge < -0.3 is 9.88 Å². The summed E-state index contributed by atoms with van der Waals surface area (Å²) in [6, 6.07) is 19.3. The van der Waals surface area contributed by atoms with Crippen molar-refractivity contribution in [1.29, 1.82) is 0 Å². The van der Waals surface area contributed by atoms with Crippen LogP contribution in [0.3, 0.4) is 0 Å². The summed E-state index contributed by atoms with van der Waals surface area (Å²) in [6.07, 6.45) is 0.838. The number of aromatic nitrogens is 1. The number of nitrogens with zero attached hydrogens (tertiary/aromatic N) is 1. The third-order valence-electron chi connectivity index (χ3n) is 4.78. The first-order chi connectivity index (χ1) is 13.0. The molecule has 138 valence electrons. The van der Waals surface area contributed by atoms with Crippen molar-refractivity contribution >= 4 is 11.6 Å². The van der Waals surface area contributed by atoms with E-state index in [2.05, 4.69) is 17.4 Å². The van der Waals surface area contributed by atoms with Crippen molar-refractivity contribution in [2.24, 2.45) is 0 Å². The lowest BCUT2D eigenvalue weighted by Gasteiger charge is -2.17. The van der Waals surface area contributed by atoms with Crippen molar-refractivity contribution in [3.8, 4) is 0 Å². The van der Waals surface area contributed by atoms with Crippen molar-refractivity contribution < 1.29 is 4.79 Å². The summed E-state index contributed by atoms with van der Waals surface area (Å²) >= 11 is 0. The number of carbonyl (C=O) groups is 1. The van der Waals surface area contributed by atoms with E-state index in [0.717, 1.165) is 17.7 Å². The van der Waals surface area contributed by atoms with E-state index in [0.29, 0.717) is 17.9 Å². The number of anilines is 1. The summed E-state index contributed by atoms with van der Waals surface area (Å²) in [6.45, 7) is 6.44. The summed E-state index contributed by atoms with van der Waals surface area (Å²) < 4.78 is 2.04. The SMILES string of the molecule is Cc1ccc(NC(=O)c2c(C)n(CCc3ccccc3)c(C)cc2=O)cc1. The fraction of sp³-hybridized carbons (Fsp3) is 0.217.